The molecule has 1 aliphatic rings. The van der Waals surface area contributed by atoms with Crippen molar-refractivity contribution in [2.24, 2.45) is 5.92 Å². The van der Waals surface area contributed by atoms with Crippen LogP contribution < -0.4 is 4.74 Å². The smallest absolute Gasteiger partial charge is 0.410 e. The number of hydrogen-bond acceptors (Lipinski definition) is 5. The second-order valence-corrected chi connectivity index (χ2v) is 6.10. The molecule has 2 atom stereocenters. The molecule has 0 radical (unpaired) electrons. The van der Waals surface area contributed by atoms with Crippen LogP contribution >= 0.6 is 0 Å². The van der Waals surface area contributed by atoms with Crippen molar-refractivity contribution in [1.29, 1.82) is 0 Å². The lowest BCUT2D eigenvalue weighted by molar-refractivity contribution is -0.141. The van der Waals surface area contributed by atoms with Crippen molar-refractivity contribution in [2.45, 2.75) is 12.5 Å². The van der Waals surface area contributed by atoms with E-state index in [0.29, 0.717) is 11.6 Å². The number of hydrogen-bond donors (Lipinski definition) is 1. The second-order valence-electron chi connectivity index (χ2n) is 6.10. The third-order valence-corrected chi connectivity index (χ3v) is 4.43. The summed E-state index contributed by atoms with van der Waals surface area (Å²) in [5, 5.41) is 9.54. The molecule has 2 unspecified atom stereocenters. The molecule has 26 heavy (non-hydrogen) atoms. The Bertz CT molecular complexity index is 781. The highest BCUT2D eigenvalue weighted by Gasteiger charge is 2.42. The highest BCUT2D eigenvalue weighted by Crippen LogP contribution is 2.33. The van der Waals surface area contributed by atoms with E-state index in [-0.39, 0.29) is 19.7 Å². The molecule has 0 bridgehead atoms. The van der Waals surface area contributed by atoms with E-state index in [1.165, 1.54) is 12.0 Å². The molecular weight excluding hydrogens is 336 g/mol. The average molecular weight is 356 g/mol. The molecule has 2 heterocycles. The fourth-order valence-electron chi connectivity index (χ4n) is 3.06. The van der Waals surface area contributed by atoms with E-state index in [9.17, 15) is 14.7 Å². The zero-order valence-electron chi connectivity index (χ0n) is 14.4. The summed E-state index contributed by atoms with van der Waals surface area (Å²) in [6.45, 7) is 0.479. The van der Waals surface area contributed by atoms with E-state index in [1.54, 1.807) is 18.2 Å². The predicted molar refractivity (Wildman–Crippen MR) is 92.9 cm³/mol. The topological polar surface area (TPSA) is 89.0 Å². The monoisotopic (exact) mass is 356 g/mol. The van der Waals surface area contributed by atoms with E-state index < -0.39 is 23.9 Å². The van der Waals surface area contributed by atoms with Gasteiger partial charge in [0.25, 0.3) is 0 Å². The Balaban J connectivity index is 1.70. The summed E-state index contributed by atoms with van der Waals surface area (Å²) in [5.41, 5.74) is 1.47. The summed E-state index contributed by atoms with van der Waals surface area (Å²) in [5.74, 6) is -1.69. The Labute approximate surface area is 151 Å². The van der Waals surface area contributed by atoms with Gasteiger partial charge in [-0.05, 0) is 11.6 Å². The molecule has 1 aromatic carbocycles. The van der Waals surface area contributed by atoms with E-state index in [1.807, 2.05) is 30.3 Å². The van der Waals surface area contributed by atoms with Crippen molar-refractivity contribution < 1.29 is 24.2 Å². The molecule has 1 amide bonds. The Hall–Kier alpha value is -3.09. The summed E-state index contributed by atoms with van der Waals surface area (Å²) in [6.07, 6.45) is -0.523. The summed E-state index contributed by atoms with van der Waals surface area (Å²) in [7, 11) is 1.50. The fourth-order valence-corrected chi connectivity index (χ4v) is 3.06. The van der Waals surface area contributed by atoms with Crippen molar-refractivity contribution in [3.8, 4) is 5.88 Å². The number of rotatable bonds is 5. The number of ether oxygens (including phenoxy) is 2. The van der Waals surface area contributed by atoms with Crippen LogP contribution in [-0.4, -0.2) is 47.3 Å². The molecule has 1 aromatic heterocycles. The highest BCUT2D eigenvalue weighted by atomic mass is 16.6. The molecule has 0 spiro atoms. The van der Waals surface area contributed by atoms with E-state index in [2.05, 4.69) is 4.98 Å². The first kappa shape index (κ1) is 17.7. The number of aromatic nitrogens is 1. The first-order chi connectivity index (χ1) is 12.6. The number of benzene rings is 1. The number of methoxy groups -OCH3 is 1. The molecule has 1 fully saturated rings. The van der Waals surface area contributed by atoms with Crippen LogP contribution in [0.4, 0.5) is 4.79 Å². The highest BCUT2D eigenvalue weighted by molar-refractivity contribution is 5.75. The van der Waals surface area contributed by atoms with Gasteiger partial charge in [-0.3, -0.25) is 4.79 Å². The first-order valence-electron chi connectivity index (χ1n) is 8.28. The number of amides is 1. The van der Waals surface area contributed by atoms with Crippen LogP contribution in [-0.2, 0) is 16.1 Å². The molecule has 2 aromatic rings. The number of nitrogens with zero attached hydrogens (tertiary/aromatic N) is 2. The van der Waals surface area contributed by atoms with Gasteiger partial charge >= 0.3 is 12.1 Å². The SMILES string of the molecule is COc1cccc(C2CN(C(=O)OCc3ccccc3)CC2C(=O)O)n1. The van der Waals surface area contributed by atoms with Gasteiger partial charge in [-0.1, -0.05) is 36.4 Å². The van der Waals surface area contributed by atoms with Gasteiger partial charge in [-0.15, -0.1) is 0 Å². The van der Waals surface area contributed by atoms with Gasteiger partial charge in [0.15, 0.2) is 0 Å². The van der Waals surface area contributed by atoms with Crippen molar-refractivity contribution in [1.82, 2.24) is 9.88 Å². The quantitative estimate of drug-likeness (QED) is 0.885. The maximum atomic E-state index is 12.4. The van der Waals surface area contributed by atoms with Crippen LogP contribution in [0.5, 0.6) is 5.88 Å². The van der Waals surface area contributed by atoms with E-state index >= 15 is 0 Å². The zero-order valence-corrected chi connectivity index (χ0v) is 14.4. The van der Waals surface area contributed by atoms with E-state index in [4.69, 9.17) is 9.47 Å². The van der Waals surface area contributed by atoms with E-state index in [0.717, 1.165) is 5.56 Å². The molecule has 0 aliphatic carbocycles. The molecule has 1 N–H and O–H groups in total. The van der Waals surface area contributed by atoms with Crippen LogP contribution in [0.15, 0.2) is 48.5 Å². The number of carbonyl (C=O) groups is 2. The summed E-state index contributed by atoms with van der Waals surface area (Å²) >= 11 is 0. The standard InChI is InChI=1S/C19H20N2O5/c1-25-17-9-5-8-16(20-17)14-10-21(11-15(14)18(22)23)19(24)26-12-13-6-3-2-4-7-13/h2-9,14-15H,10-12H2,1H3,(H,22,23). The minimum atomic E-state index is -0.960. The number of carboxylic acid groups (broad SMARTS) is 1. The van der Waals surface area contributed by atoms with Crippen LogP contribution in [0.25, 0.3) is 0 Å². The minimum Gasteiger partial charge on any atom is -0.481 e. The molecule has 1 aliphatic heterocycles. The second kappa shape index (κ2) is 7.86. The van der Waals surface area contributed by atoms with Gasteiger partial charge in [-0.25, -0.2) is 9.78 Å². The summed E-state index contributed by atoms with van der Waals surface area (Å²) in [6, 6.07) is 14.5. The Morgan fingerprint density at radius 1 is 1.15 bits per heavy atom. The molecule has 0 saturated carbocycles. The van der Waals surface area contributed by atoms with Gasteiger partial charge in [0, 0.05) is 25.1 Å². The van der Waals surface area contributed by atoms with Gasteiger partial charge < -0.3 is 19.5 Å². The van der Waals surface area contributed by atoms with Crippen molar-refractivity contribution >= 4 is 12.1 Å². The first-order valence-corrected chi connectivity index (χ1v) is 8.28. The van der Waals surface area contributed by atoms with Crippen LogP contribution in [0.1, 0.15) is 17.2 Å². The summed E-state index contributed by atoms with van der Waals surface area (Å²) < 4.78 is 10.4. The maximum Gasteiger partial charge on any atom is 0.410 e. The van der Waals surface area contributed by atoms with Gasteiger partial charge in [0.1, 0.15) is 6.61 Å². The summed E-state index contributed by atoms with van der Waals surface area (Å²) in [4.78, 5) is 29.8. The number of likely N-dealkylation sites (tertiary alicyclic amines) is 1. The molecular formula is C19H20N2O5. The molecule has 1 saturated heterocycles. The Morgan fingerprint density at radius 3 is 2.62 bits per heavy atom. The van der Waals surface area contributed by atoms with Crippen molar-refractivity contribution in [2.75, 3.05) is 20.2 Å². The van der Waals surface area contributed by atoms with Crippen LogP contribution in [0.3, 0.4) is 0 Å². The van der Waals surface area contributed by atoms with Gasteiger partial charge in [0.05, 0.1) is 18.7 Å². The largest absolute Gasteiger partial charge is 0.481 e. The lowest BCUT2D eigenvalue weighted by atomic mass is 9.92. The maximum absolute atomic E-state index is 12.4. The van der Waals surface area contributed by atoms with Crippen LogP contribution in [0.2, 0.25) is 0 Å². The molecule has 136 valence electrons. The number of aliphatic carboxylic acids is 1. The fraction of sp³-hybridized carbons (Fsp3) is 0.316. The van der Waals surface area contributed by atoms with Crippen LogP contribution in [0, 0.1) is 5.92 Å². The molecule has 7 heteroatoms. The number of carbonyl (C=O) groups excluding carboxylic acids is 1. The Kier molecular flexibility index (Phi) is 5.36. The number of pyridine rings is 1. The predicted octanol–water partition coefficient (Wildman–Crippen LogP) is 2.53. The van der Waals surface area contributed by atoms with Gasteiger partial charge in [-0.2, -0.15) is 0 Å². The third-order valence-electron chi connectivity index (χ3n) is 4.43. The average Bonchev–Trinajstić information content (AvgIpc) is 3.13. The van der Waals surface area contributed by atoms with Crippen molar-refractivity contribution in [3.05, 3.63) is 59.8 Å². The normalized spacial score (nSPS) is 19.2. The lowest BCUT2D eigenvalue weighted by Gasteiger charge is -2.16. The van der Waals surface area contributed by atoms with Crippen molar-refractivity contribution in [3.63, 3.8) is 0 Å². The zero-order chi connectivity index (χ0) is 18.5. The molecule has 7 nitrogen and oxygen atoms in total. The minimum absolute atomic E-state index is 0.0898. The molecule has 3 rings (SSSR count). The number of carboxylic acids is 1. The Morgan fingerprint density at radius 2 is 1.92 bits per heavy atom. The lowest BCUT2D eigenvalue weighted by Crippen LogP contribution is -2.30. The van der Waals surface area contributed by atoms with Gasteiger partial charge in [0.2, 0.25) is 5.88 Å². The third kappa shape index (κ3) is 3.93.